The Morgan fingerprint density at radius 2 is 2.00 bits per heavy atom. The quantitative estimate of drug-likeness (QED) is 0.677. The molecule has 0 aromatic carbocycles. The zero-order valence-electron chi connectivity index (χ0n) is 10.8. The second-order valence-electron chi connectivity index (χ2n) is 5.41. The van der Waals surface area contributed by atoms with Gasteiger partial charge in [0.15, 0.2) is 0 Å². The second kappa shape index (κ2) is 6.36. The van der Waals surface area contributed by atoms with Crippen molar-refractivity contribution in [3.63, 3.8) is 0 Å². The van der Waals surface area contributed by atoms with Crippen LogP contribution in [0.25, 0.3) is 0 Å². The van der Waals surface area contributed by atoms with Crippen molar-refractivity contribution in [1.82, 2.24) is 16.0 Å². The van der Waals surface area contributed by atoms with Crippen LogP contribution in [0.15, 0.2) is 0 Å². The van der Waals surface area contributed by atoms with Crippen LogP contribution in [-0.2, 0) is 4.79 Å². The van der Waals surface area contributed by atoms with Crippen LogP contribution in [-0.4, -0.2) is 37.6 Å². The molecule has 1 amide bonds. The van der Waals surface area contributed by atoms with Gasteiger partial charge in [-0.15, -0.1) is 0 Å². The van der Waals surface area contributed by atoms with Gasteiger partial charge in [-0.1, -0.05) is 19.3 Å². The molecule has 3 N–H and O–H groups in total. The van der Waals surface area contributed by atoms with Gasteiger partial charge in [0.25, 0.3) is 0 Å². The normalized spacial score (nSPS) is 28.6. The first-order valence-corrected chi connectivity index (χ1v) is 7.02. The van der Waals surface area contributed by atoms with Crippen molar-refractivity contribution in [2.45, 2.75) is 51.1 Å². The van der Waals surface area contributed by atoms with Gasteiger partial charge in [-0.25, -0.2) is 0 Å². The first-order valence-electron chi connectivity index (χ1n) is 7.02. The van der Waals surface area contributed by atoms with Gasteiger partial charge in [0.05, 0.1) is 6.04 Å². The molecule has 4 heteroatoms. The number of piperazine rings is 1. The Morgan fingerprint density at radius 1 is 1.24 bits per heavy atom. The van der Waals surface area contributed by atoms with Crippen LogP contribution in [0.4, 0.5) is 0 Å². The van der Waals surface area contributed by atoms with E-state index in [1.165, 1.54) is 32.1 Å². The third-order valence-electron chi connectivity index (χ3n) is 4.08. The number of carbonyl (C=O) groups is 1. The number of hydrogen-bond acceptors (Lipinski definition) is 3. The molecule has 2 unspecified atom stereocenters. The molecular weight excluding hydrogens is 214 g/mol. The summed E-state index contributed by atoms with van der Waals surface area (Å²) >= 11 is 0. The lowest BCUT2D eigenvalue weighted by Gasteiger charge is -2.31. The summed E-state index contributed by atoms with van der Waals surface area (Å²) in [6.07, 6.45) is 6.57. The smallest absolute Gasteiger partial charge is 0.238 e. The maximum Gasteiger partial charge on any atom is 0.238 e. The number of hydrogen-bond donors (Lipinski definition) is 3. The molecule has 2 fully saturated rings. The standard InChI is InChI=1S/C13H25N3O/c1-10(11-5-3-2-4-6-11)16-13(17)12-9-14-7-8-15-12/h10-12,14-15H,2-9H2,1H3,(H,16,17). The summed E-state index contributed by atoms with van der Waals surface area (Å²) in [5.74, 6) is 0.847. The fourth-order valence-electron chi connectivity index (χ4n) is 2.92. The summed E-state index contributed by atoms with van der Waals surface area (Å²) in [5.41, 5.74) is 0. The summed E-state index contributed by atoms with van der Waals surface area (Å²) in [6.45, 7) is 4.76. The minimum Gasteiger partial charge on any atom is -0.352 e. The van der Waals surface area contributed by atoms with Crippen molar-refractivity contribution in [2.75, 3.05) is 19.6 Å². The maximum atomic E-state index is 12.0. The maximum absolute atomic E-state index is 12.0. The van der Waals surface area contributed by atoms with Crippen molar-refractivity contribution in [3.8, 4) is 0 Å². The van der Waals surface area contributed by atoms with Crippen molar-refractivity contribution >= 4 is 5.91 Å². The molecule has 98 valence electrons. The van der Waals surface area contributed by atoms with E-state index >= 15 is 0 Å². The largest absolute Gasteiger partial charge is 0.352 e. The molecule has 2 atom stereocenters. The summed E-state index contributed by atoms with van der Waals surface area (Å²) in [5, 5.41) is 9.68. The van der Waals surface area contributed by atoms with Gasteiger partial charge < -0.3 is 16.0 Å². The highest BCUT2D eigenvalue weighted by molar-refractivity contribution is 5.82. The van der Waals surface area contributed by atoms with Crippen LogP contribution in [0.3, 0.4) is 0 Å². The lowest BCUT2D eigenvalue weighted by molar-refractivity contribution is -0.124. The van der Waals surface area contributed by atoms with Crippen LogP contribution in [0.5, 0.6) is 0 Å². The topological polar surface area (TPSA) is 53.2 Å². The van der Waals surface area contributed by atoms with E-state index < -0.39 is 0 Å². The van der Waals surface area contributed by atoms with Gasteiger partial charge in [0, 0.05) is 25.7 Å². The third-order valence-corrected chi connectivity index (χ3v) is 4.08. The summed E-state index contributed by atoms with van der Waals surface area (Å²) in [7, 11) is 0. The SMILES string of the molecule is CC(NC(=O)C1CNCCN1)C1CCCCC1. The Hall–Kier alpha value is -0.610. The molecule has 0 bridgehead atoms. The molecule has 0 radical (unpaired) electrons. The lowest BCUT2D eigenvalue weighted by Crippen LogP contribution is -2.57. The molecular formula is C13H25N3O. The second-order valence-corrected chi connectivity index (χ2v) is 5.41. The van der Waals surface area contributed by atoms with Crippen LogP contribution >= 0.6 is 0 Å². The van der Waals surface area contributed by atoms with E-state index in [9.17, 15) is 4.79 Å². The van der Waals surface area contributed by atoms with Gasteiger partial charge in [0.1, 0.15) is 0 Å². The molecule has 1 heterocycles. The van der Waals surface area contributed by atoms with Crippen molar-refractivity contribution in [3.05, 3.63) is 0 Å². The van der Waals surface area contributed by atoms with Crippen molar-refractivity contribution in [1.29, 1.82) is 0 Å². The Labute approximate surface area is 104 Å². The van der Waals surface area contributed by atoms with Crippen LogP contribution in [0.1, 0.15) is 39.0 Å². The van der Waals surface area contributed by atoms with E-state index in [4.69, 9.17) is 0 Å². The molecule has 1 aliphatic carbocycles. The first kappa shape index (κ1) is 12.8. The van der Waals surface area contributed by atoms with Gasteiger partial charge in [-0.3, -0.25) is 4.79 Å². The Bertz CT molecular complexity index is 245. The van der Waals surface area contributed by atoms with E-state index in [2.05, 4.69) is 22.9 Å². The van der Waals surface area contributed by atoms with Gasteiger partial charge in [-0.2, -0.15) is 0 Å². The molecule has 1 saturated carbocycles. The first-order chi connectivity index (χ1) is 8.27. The molecule has 0 spiro atoms. The molecule has 1 saturated heterocycles. The molecule has 2 rings (SSSR count). The number of rotatable bonds is 3. The van der Waals surface area contributed by atoms with Crippen molar-refractivity contribution in [2.24, 2.45) is 5.92 Å². The predicted octanol–water partition coefficient (Wildman–Crippen LogP) is 0.633. The Morgan fingerprint density at radius 3 is 2.65 bits per heavy atom. The Balaban J connectivity index is 1.76. The van der Waals surface area contributed by atoms with E-state index in [1.807, 2.05) is 0 Å². The number of carbonyl (C=O) groups excluding carboxylic acids is 1. The van der Waals surface area contributed by atoms with E-state index in [0.29, 0.717) is 12.0 Å². The number of nitrogens with one attached hydrogen (secondary N) is 3. The van der Waals surface area contributed by atoms with E-state index in [0.717, 1.165) is 19.6 Å². The van der Waals surface area contributed by atoms with Gasteiger partial charge in [0.2, 0.25) is 5.91 Å². The fraction of sp³-hybridized carbons (Fsp3) is 0.923. The van der Waals surface area contributed by atoms with Crippen LogP contribution < -0.4 is 16.0 Å². The minimum absolute atomic E-state index is 0.0465. The highest BCUT2D eigenvalue weighted by atomic mass is 16.2. The van der Waals surface area contributed by atoms with Crippen LogP contribution in [0, 0.1) is 5.92 Å². The summed E-state index contributed by atoms with van der Waals surface area (Å²) in [6, 6.07) is 0.279. The molecule has 4 nitrogen and oxygen atoms in total. The molecule has 0 aromatic heterocycles. The zero-order valence-corrected chi connectivity index (χ0v) is 10.8. The lowest BCUT2D eigenvalue weighted by atomic mass is 9.84. The monoisotopic (exact) mass is 239 g/mol. The average Bonchev–Trinajstić information content (AvgIpc) is 2.40. The third kappa shape index (κ3) is 3.68. The summed E-state index contributed by atoms with van der Waals surface area (Å²) < 4.78 is 0. The molecule has 0 aromatic rings. The number of amides is 1. The average molecular weight is 239 g/mol. The fourth-order valence-corrected chi connectivity index (χ4v) is 2.92. The van der Waals surface area contributed by atoms with E-state index in [1.54, 1.807) is 0 Å². The highest BCUT2D eigenvalue weighted by Crippen LogP contribution is 2.26. The van der Waals surface area contributed by atoms with Gasteiger partial charge in [-0.05, 0) is 25.7 Å². The zero-order chi connectivity index (χ0) is 12.1. The molecule has 1 aliphatic heterocycles. The van der Waals surface area contributed by atoms with Crippen LogP contribution in [0.2, 0.25) is 0 Å². The summed E-state index contributed by atoms with van der Waals surface area (Å²) in [4.78, 5) is 12.0. The van der Waals surface area contributed by atoms with E-state index in [-0.39, 0.29) is 11.9 Å². The Kier molecular flexibility index (Phi) is 4.80. The van der Waals surface area contributed by atoms with Crippen molar-refractivity contribution < 1.29 is 4.79 Å². The predicted molar refractivity (Wildman–Crippen MR) is 68.8 cm³/mol. The minimum atomic E-state index is -0.0465. The molecule has 2 aliphatic rings. The molecule has 17 heavy (non-hydrogen) atoms. The van der Waals surface area contributed by atoms with Gasteiger partial charge >= 0.3 is 0 Å². The highest BCUT2D eigenvalue weighted by Gasteiger charge is 2.25.